The highest BCUT2D eigenvalue weighted by molar-refractivity contribution is 5.37. The predicted octanol–water partition coefficient (Wildman–Crippen LogP) is 3.14. The van der Waals surface area contributed by atoms with Crippen molar-refractivity contribution >= 4 is 0 Å². The molecule has 0 aromatic heterocycles. The van der Waals surface area contributed by atoms with Crippen molar-refractivity contribution in [3.05, 3.63) is 34.4 Å². The molecule has 1 nitrogen and oxygen atoms in total. The third-order valence-corrected chi connectivity index (χ3v) is 3.13. The van der Waals surface area contributed by atoms with Gasteiger partial charge in [0.1, 0.15) is 0 Å². The predicted molar refractivity (Wildman–Crippen MR) is 67.2 cm³/mol. The molecule has 0 fully saturated rings. The van der Waals surface area contributed by atoms with Crippen LogP contribution < -0.4 is 5.73 Å². The molecule has 0 spiro atoms. The van der Waals surface area contributed by atoms with Crippen molar-refractivity contribution in [2.45, 2.75) is 40.5 Å². The summed E-state index contributed by atoms with van der Waals surface area (Å²) in [7, 11) is 0. The second-order valence-electron chi connectivity index (χ2n) is 4.76. The first-order valence-electron chi connectivity index (χ1n) is 5.81. The van der Waals surface area contributed by atoms with Crippen molar-refractivity contribution in [3.8, 4) is 0 Å². The molecule has 1 atom stereocenters. The van der Waals surface area contributed by atoms with Crippen LogP contribution in [0.15, 0.2) is 12.1 Å². The summed E-state index contributed by atoms with van der Waals surface area (Å²) in [6.07, 6.45) is 2.36. The molecule has 15 heavy (non-hydrogen) atoms. The van der Waals surface area contributed by atoms with Gasteiger partial charge in [0.05, 0.1) is 0 Å². The molecule has 0 aliphatic heterocycles. The van der Waals surface area contributed by atoms with Crippen molar-refractivity contribution in [2.75, 3.05) is 6.54 Å². The molecule has 84 valence electrons. The molecule has 2 N–H and O–H groups in total. The Morgan fingerprint density at radius 1 is 1.13 bits per heavy atom. The minimum Gasteiger partial charge on any atom is -0.330 e. The first kappa shape index (κ1) is 12.3. The molecule has 1 aromatic carbocycles. The van der Waals surface area contributed by atoms with Crippen LogP contribution in [-0.2, 0) is 6.42 Å². The lowest BCUT2D eigenvalue weighted by atomic mass is 9.93. The molecule has 1 unspecified atom stereocenters. The van der Waals surface area contributed by atoms with E-state index < -0.39 is 0 Å². The summed E-state index contributed by atoms with van der Waals surface area (Å²) in [5, 5.41) is 0. The largest absolute Gasteiger partial charge is 0.330 e. The van der Waals surface area contributed by atoms with Gasteiger partial charge in [-0.3, -0.25) is 0 Å². The van der Waals surface area contributed by atoms with Crippen LogP contribution in [0.5, 0.6) is 0 Å². The molecule has 0 aliphatic rings. The fourth-order valence-electron chi connectivity index (χ4n) is 2.11. The van der Waals surface area contributed by atoms with Gasteiger partial charge in [-0.1, -0.05) is 24.6 Å². The van der Waals surface area contributed by atoms with Crippen molar-refractivity contribution in [3.63, 3.8) is 0 Å². The lowest BCUT2D eigenvalue weighted by Crippen LogP contribution is -2.12. The summed E-state index contributed by atoms with van der Waals surface area (Å²) in [5.74, 6) is 0.630. The van der Waals surface area contributed by atoms with Gasteiger partial charge in [0.25, 0.3) is 0 Å². The number of aryl methyl sites for hydroxylation is 3. The third-order valence-electron chi connectivity index (χ3n) is 3.13. The van der Waals surface area contributed by atoms with Gasteiger partial charge in [-0.15, -0.1) is 0 Å². The first-order chi connectivity index (χ1) is 7.04. The Morgan fingerprint density at radius 2 is 1.67 bits per heavy atom. The van der Waals surface area contributed by atoms with Crippen LogP contribution in [0.3, 0.4) is 0 Å². The van der Waals surface area contributed by atoms with Crippen LogP contribution in [0, 0.1) is 26.7 Å². The molecule has 0 saturated carbocycles. The van der Waals surface area contributed by atoms with Gasteiger partial charge in [0, 0.05) is 0 Å². The van der Waals surface area contributed by atoms with Gasteiger partial charge in [-0.25, -0.2) is 0 Å². The normalized spacial score (nSPS) is 12.9. The van der Waals surface area contributed by atoms with E-state index in [0.29, 0.717) is 5.92 Å². The summed E-state index contributed by atoms with van der Waals surface area (Å²) < 4.78 is 0. The first-order valence-corrected chi connectivity index (χ1v) is 5.81. The summed E-state index contributed by atoms with van der Waals surface area (Å²) in [6, 6.07) is 4.55. The maximum absolute atomic E-state index is 5.64. The Kier molecular flexibility index (Phi) is 4.34. The number of hydrogen-bond acceptors (Lipinski definition) is 1. The van der Waals surface area contributed by atoms with E-state index in [0.717, 1.165) is 13.0 Å². The quantitative estimate of drug-likeness (QED) is 0.803. The van der Waals surface area contributed by atoms with E-state index in [9.17, 15) is 0 Å². The fourth-order valence-corrected chi connectivity index (χ4v) is 2.11. The van der Waals surface area contributed by atoms with Crippen molar-refractivity contribution in [1.29, 1.82) is 0 Å². The highest BCUT2D eigenvalue weighted by atomic mass is 14.5. The van der Waals surface area contributed by atoms with Crippen molar-refractivity contribution < 1.29 is 0 Å². The number of rotatable bonds is 4. The van der Waals surface area contributed by atoms with Gasteiger partial charge < -0.3 is 5.73 Å². The summed E-state index contributed by atoms with van der Waals surface area (Å²) >= 11 is 0. The molecule has 0 aliphatic carbocycles. The topological polar surface area (TPSA) is 26.0 Å². The van der Waals surface area contributed by atoms with E-state index in [4.69, 9.17) is 5.73 Å². The maximum atomic E-state index is 5.64. The van der Waals surface area contributed by atoms with E-state index in [2.05, 4.69) is 39.8 Å². The van der Waals surface area contributed by atoms with Gasteiger partial charge in [-0.05, 0) is 62.8 Å². The molecule has 1 aromatic rings. The molecular formula is C14H23N. The highest BCUT2D eigenvalue weighted by Gasteiger charge is 2.06. The third kappa shape index (κ3) is 3.35. The van der Waals surface area contributed by atoms with E-state index in [-0.39, 0.29) is 0 Å². The van der Waals surface area contributed by atoms with E-state index >= 15 is 0 Å². The maximum Gasteiger partial charge on any atom is -0.00514 e. The van der Waals surface area contributed by atoms with E-state index in [1.807, 2.05) is 0 Å². The van der Waals surface area contributed by atoms with Gasteiger partial charge >= 0.3 is 0 Å². The molecule has 0 saturated heterocycles. The van der Waals surface area contributed by atoms with Gasteiger partial charge in [0.15, 0.2) is 0 Å². The lowest BCUT2D eigenvalue weighted by Gasteiger charge is -2.13. The molecule has 0 radical (unpaired) electrons. The molecule has 0 amide bonds. The standard InChI is InChI=1S/C14H23N/c1-10(9-15)5-6-14-12(3)7-11(2)8-13(14)4/h7-8,10H,5-6,9,15H2,1-4H3. The van der Waals surface area contributed by atoms with Crippen LogP contribution in [0.2, 0.25) is 0 Å². The second kappa shape index (κ2) is 5.32. The second-order valence-corrected chi connectivity index (χ2v) is 4.76. The zero-order chi connectivity index (χ0) is 11.4. The molecule has 0 bridgehead atoms. The monoisotopic (exact) mass is 205 g/mol. The smallest absolute Gasteiger partial charge is 0.00514 e. The zero-order valence-electron chi connectivity index (χ0n) is 10.4. The number of hydrogen-bond donors (Lipinski definition) is 1. The van der Waals surface area contributed by atoms with E-state index in [1.165, 1.54) is 28.7 Å². The van der Waals surface area contributed by atoms with Crippen LogP contribution in [-0.4, -0.2) is 6.54 Å². The molecule has 1 heteroatoms. The van der Waals surface area contributed by atoms with Crippen molar-refractivity contribution in [1.82, 2.24) is 0 Å². The Labute approximate surface area is 93.7 Å². The Bertz CT molecular complexity index is 305. The van der Waals surface area contributed by atoms with Gasteiger partial charge in [-0.2, -0.15) is 0 Å². The van der Waals surface area contributed by atoms with E-state index in [1.54, 1.807) is 0 Å². The molecular weight excluding hydrogens is 182 g/mol. The minimum atomic E-state index is 0.630. The van der Waals surface area contributed by atoms with Crippen LogP contribution in [0.25, 0.3) is 0 Å². The summed E-state index contributed by atoms with van der Waals surface area (Å²) in [6.45, 7) is 9.60. The molecule has 0 heterocycles. The Morgan fingerprint density at radius 3 is 2.13 bits per heavy atom. The number of benzene rings is 1. The average molecular weight is 205 g/mol. The Hall–Kier alpha value is -0.820. The number of nitrogens with two attached hydrogens (primary N) is 1. The van der Waals surface area contributed by atoms with Crippen LogP contribution >= 0.6 is 0 Å². The van der Waals surface area contributed by atoms with Crippen LogP contribution in [0.1, 0.15) is 35.6 Å². The average Bonchev–Trinajstić information content (AvgIpc) is 2.15. The summed E-state index contributed by atoms with van der Waals surface area (Å²) in [4.78, 5) is 0. The zero-order valence-corrected chi connectivity index (χ0v) is 10.4. The fraction of sp³-hybridized carbons (Fsp3) is 0.571. The van der Waals surface area contributed by atoms with Gasteiger partial charge in [0.2, 0.25) is 0 Å². The summed E-state index contributed by atoms with van der Waals surface area (Å²) in [5.41, 5.74) is 11.4. The SMILES string of the molecule is Cc1cc(C)c(CCC(C)CN)c(C)c1. The Balaban J connectivity index is 2.77. The highest BCUT2D eigenvalue weighted by Crippen LogP contribution is 2.19. The molecule has 1 rings (SSSR count). The van der Waals surface area contributed by atoms with Crippen molar-refractivity contribution in [2.24, 2.45) is 11.7 Å². The minimum absolute atomic E-state index is 0.630. The lowest BCUT2D eigenvalue weighted by molar-refractivity contribution is 0.543. The van der Waals surface area contributed by atoms with Crippen LogP contribution in [0.4, 0.5) is 0 Å².